The largest absolute Gasteiger partial charge is 0.453 e. The number of benzene rings is 9. The lowest BCUT2D eigenvalue weighted by Crippen LogP contribution is -2.41. The maximum Gasteiger partial charge on any atom is 0.420 e. The highest BCUT2D eigenvalue weighted by Gasteiger charge is 2.54. The van der Waals surface area contributed by atoms with E-state index >= 15 is 0 Å². The molecule has 0 bridgehead atoms. The normalized spacial score (nSPS) is 16.3. The van der Waals surface area contributed by atoms with Crippen molar-refractivity contribution in [2.75, 3.05) is 9.80 Å². The summed E-state index contributed by atoms with van der Waals surface area (Å²) in [4.78, 5) is 4.65. The third kappa shape index (κ3) is 5.33. The summed E-state index contributed by atoms with van der Waals surface area (Å²) in [6.45, 7) is 2.14. The minimum atomic E-state index is -4.60. The van der Waals surface area contributed by atoms with Crippen molar-refractivity contribution in [2.24, 2.45) is 0 Å². The van der Waals surface area contributed by atoms with Crippen molar-refractivity contribution >= 4 is 71.9 Å². The summed E-state index contributed by atoms with van der Waals surface area (Å²) in [6.07, 6.45) is 2.97. The Morgan fingerprint density at radius 2 is 1.23 bits per heavy atom. The predicted molar refractivity (Wildman–Crippen MR) is 264 cm³/mol. The van der Waals surface area contributed by atoms with Gasteiger partial charge in [-0.2, -0.15) is 13.2 Å². The third-order valence-electron chi connectivity index (χ3n) is 14.2. The molecule has 3 aliphatic rings. The number of rotatable bonds is 5. The van der Waals surface area contributed by atoms with Crippen LogP contribution >= 0.6 is 0 Å². The monoisotopic (exact) mass is 862 g/mol. The SMILES string of the molecule is CCc1ccc(N(c2cc3c(c4ccccc24)-c2c(ccc4ccccc24)C32C3=CCCC=C3N(c3ccccc3)c3ccccc32)c2cccc3c2oc2c(C(F)(F)F)cccc23)cc1. The van der Waals surface area contributed by atoms with Crippen LogP contribution in [0.3, 0.4) is 0 Å². The molecule has 1 aromatic heterocycles. The van der Waals surface area contributed by atoms with Crippen LogP contribution in [-0.4, -0.2) is 0 Å². The first-order chi connectivity index (χ1) is 32.4. The quantitative estimate of drug-likeness (QED) is 0.172. The zero-order chi connectivity index (χ0) is 44.3. The molecule has 1 atom stereocenters. The number of nitrogens with zero attached hydrogens (tertiary/aromatic N) is 2. The first-order valence-corrected chi connectivity index (χ1v) is 22.7. The number of alkyl halides is 3. The second kappa shape index (κ2) is 14.3. The predicted octanol–water partition coefficient (Wildman–Crippen LogP) is 17.0. The van der Waals surface area contributed by atoms with Crippen molar-refractivity contribution in [2.45, 2.75) is 37.8 Å². The molecule has 13 rings (SSSR count). The van der Waals surface area contributed by atoms with Gasteiger partial charge in [0.25, 0.3) is 0 Å². The van der Waals surface area contributed by atoms with Gasteiger partial charge in [-0.05, 0) is 123 Å². The molecule has 0 saturated carbocycles. The van der Waals surface area contributed by atoms with E-state index in [2.05, 4.69) is 174 Å². The average Bonchev–Trinajstić information content (AvgIpc) is 3.89. The highest BCUT2D eigenvalue weighted by atomic mass is 19.4. The van der Waals surface area contributed by atoms with E-state index in [0.717, 1.165) is 64.4 Å². The molecule has 2 heterocycles. The molecule has 1 unspecified atom stereocenters. The molecule has 3 nitrogen and oxygen atoms in total. The second-order valence-electron chi connectivity index (χ2n) is 17.6. The minimum Gasteiger partial charge on any atom is -0.453 e. The van der Waals surface area contributed by atoms with Crippen LogP contribution in [-0.2, 0) is 18.0 Å². The molecule has 0 saturated heterocycles. The van der Waals surface area contributed by atoms with E-state index in [0.29, 0.717) is 22.0 Å². The zero-order valence-electron chi connectivity index (χ0n) is 36.0. The lowest BCUT2D eigenvalue weighted by atomic mass is 9.62. The van der Waals surface area contributed by atoms with E-state index in [9.17, 15) is 13.2 Å². The third-order valence-corrected chi connectivity index (χ3v) is 14.2. The molecule has 1 aliphatic heterocycles. The number of furan rings is 1. The molecule has 2 aliphatic carbocycles. The molecule has 0 radical (unpaired) electrons. The Labute approximate surface area is 380 Å². The topological polar surface area (TPSA) is 19.6 Å². The molecule has 0 amide bonds. The van der Waals surface area contributed by atoms with Crippen LogP contribution in [0, 0.1) is 0 Å². The van der Waals surface area contributed by atoms with E-state index in [4.69, 9.17) is 4.42 Å². The van der Waals surface area contributed by atoms with Crippen molar-refractivity contribution in [3.05, 3.63) is 233 Å². The summed E-state index contributed by atoms with van der Waals surface area (Å²) in [7, 11) is 0. The molecule has 66 heavy (non-hydrogen) atoms. The van der Waals surface area contributed by atoms with Gasteiger partial charge >= 0.3 is 6.18 Å². The van der Waals surface area contributed by atoms with Gasteiger partial charge in [0.05, 0.1) is 28.0 Å². The van der Waals surface area contributed by atoms with Crippen LogP contribution in [0.4, 0.5) is 41.6 Å². The molecule has 6 heteroatoms. The Morgan fingerprint density at radius 1 is 0.561 bits per heavy atom. The second-order valence-corrected chi connectivity index (χ2v) is 17.6. The van der Waals surface area contributed by atoms with Crippen molar-refractivity contribution in [3.63, 3.8) is 0 Å². The van der Waals surface area contributed by atoms with Gasteiger partial charge in [-0.3, -0.25) is 0 Å². The molecular weight excluding hydrogens is 822 g/mol. The molecule has 0 N–H and O–H groups in total. The van der Waals surface area contributed by atoms with E-state index in [1.165, 1.54) is 55.9 Å². The summed E-state index contributed by atoms with van der Waals surface area (Å²) in [5.41, 5.74) is 12.9. The van der Waals surface area contributed by atoms with E-state index in [-0.39, 0.29) is 5.58 Å². The average molecular weight is 863 g/mol. The van der Waals surface area contributed by atoms with Gasteiger partial charge in [0.15, 0.2) is 5.58 Å². The number of halogens is 3. The van der Waals surface area contributed by atoms with Crippen molar-refractivity contribution in [1.82, 2.24) is 0 Å². The molecule has 9 aromatic carbocycles. The van der Waals surface area contributed by atoms with Gasteiger partial charge < -0.3 is 14.2 Å². The Balaban J connectivity index is 1.19. The number of allylic oxidation sites excluding steroid dienone is 3. The summed E-state index contributed by atoms with van der Waals surface area (Å²) < 4.78 is 50.5. The fraction of sp³-hybridized carbons (Fsp3) is 0.100. The summed E-state index contributed by atoms with van der Waals surface area (Å²) in [5, 5.41) is 5.51. The number of hydrogen-bond donors (Lipinski definition) is 0. The highest BCUT2D eigenvalue weighted by Crippen LogP contribution is 2.66. The standard InChI is InChI=1S/C60H41F3N2O/c1-2-37-30-33-40(34-31-37)65(53-29-15-23-45-44-22-14-26-49(60(61,62)63)57(44)66-58(45)53)54-36-50-56(43-21-9-8-20-42(43)54)55-41-19-7-6-16-38(41)32-35-48(55)59(50)46-24-10-12-27-51(46)64(39-17-4-3-5-18-39)52-28-13-11-25-47(52)59/h3-10,12,14-36H,2,11,13H2,1H3. The fourth-order valence-electron chi connectivity index (χ4n) is 11.5. The maximum absolute atomic E-state index is 14.7. The van der Waals surface area contributed by atoms with Gasteiger partial charge in [-0.25, -0.2) is 0 Å². The Bertz CT molecular complexity index is 3690. The Kier molecular flexibility index (Phi) is 8.39. The van der Waals surface area contributed by atoms with Crippen LogP contribution in [0.5, 0.6) is 0 Å². The van der Waals surface area contributed by atoms with Crippen LogP contribution in [0.2, 0.25) is 0 Å². The molecule has 0 fully saturated rings. The zero-order valence-corrected chi connectivity index (χ0v) is 36.0. The van der Waals surface area contributed by atoms with Crippen LogP contribution in [0.25, 0.3) is 54.6 Å². The van der Waals surface area contributed by atoms with Gasteiger partial charge in [0.2, 0.25) is 0 Å². The maximum atomic E-state index is 14.7. The first kappa shape index (κ1) is 38.6. The van der Waals surface area contributed by atoms with Gasteiger partial charge in [-0.15, -0.1) is 0 Å². The summed E-state index contributed by atoms with van der Waals surface area (Å²) in [5.74, 6) is 0. The van der Waals surface area contributed by atoms with Crippen molar-refractivity contribution in [3.8, 4) is 11.1 Å². The molecule has 10 aromatic rings. The van der Waals surface area contributed by atoms with Crippen LogP contribution in [0.15, 0.2) is 210 Å². The summed E-state index contributed by atoms with van der Waals surface area (Å²) in [6, 6.07) is 62.5. The fourth-order valence-corrected chi connectivity index (χ4v) is 11.5. The Morgan fingerprint density at radius 3 is 2.03 bits per heavy atom. The number of fused-ring (bicyclic) bond motifs is 16. The molecule has 318 valence electrons. The van der Waals surface area contributed by atoms with Crippen LogP contribution in [0.1, 0.15) is 47.6 Å². The van der Waals surface area contributed by atoms with E-state index < -0.39 is 17.2 Å². The number of aryl methyl sites for hydroxylation is 1. The number of para-hydroxylation sites is 4. The minimum absolute atomic E-state index is 0.167. The molecular formula is C60H41F3N2O. The van der Waals surface area contributed by atoms with Crippen molar-refractivity contribution < 1.29 is 17.6 Å². The first-order valence-electron chi connectivity index (χ1n) is 22.7. The van der Waals surface area contributed by atoms with Gasteiger partial charge in [-0.1, -0.05) is 153 Å². The van der Waals surface area contributed by atoms with Crippen molar-refractivity contribution in [1.29, 1.82) is 0 Å². The van der Waals surface area contributed by atoms with E-state index in [1.54, 1.807) is 6.07 Å². The lowest BCUT2D eigenvalue weighted by Gasteiger charge is -2.48. The lowest BCUT2D eigenvalue weighted by molar-refractivity contribution is -0.136. The Hall–Kier alpha value is -7.83. The summed E-state index contributed by atoms with van der Waals surface area (Å²) >= 11 is 0. The smallest absolute Gasteiger partial charge is 0.420 e. The highest BCUT2D eigenvalue weighted by molar-refractivity contribution is 6.18. The molecule has 1 spiro atoms. The number of anilines is 5. The van der Waals surface area contributed by atoms with Gasteiger partial charge in [0, 0.05) is 33.2 Å². The van der Waals surface area contributed by atoms with Gasteiger partial charge in [0.1, 0.15) is 5.58 Å². The van der Waals surface area contributed by atoms with Crippen LogP contribution < -0.4 is 9.80 Å². The number of hydrogen-bond acceptors (Lipinski definition) is 3. The van der Waals surface area contributed by atoms with E-state index in [1.807, 2.05) is 18.2 Å².